The molecule has 0 unspecified atom stereocenters. The van der Waals surface area contributed by atoms with Crippen molar-refractivity contribution < 1.29 is 36.5 Å². The van der Waals surface area contributed by atoms with Crippen LogP contribution in [0, 0.1) is 0 Å². The molecule has 4 heteroatoms. The molecule has 0 aliphatic heterocycles. The van der Waals surface area contributed by atoms with E-state index in [9.17, 15) is 0 Å². The minimum absolute atomic E-state index is 0. The maximum atomic E-state index is 0. The Hall–Kier alpha value is 2.21. The molecule has 0 bridgehead atoms. The summed E-state index contributed by atoms with van der Waals surface area (Å²) in [5.74, 6) is 0. The quantitative estimate of drug-likeness (QED) is 0.373. The van der Waals surface area contributed by atoms with Gasteiger partial charge in [0, 0.05) is 36.5 Å². The maximum absolute atomic E-state index is 0. The molecule has 0 saturated heterocycles. The first-order valence-electron chi connectivity index (χ1n) is 0. The monoisotopic (exact) mass is 187 g/mol. The van der Waals surface area contributed by atoms with Crippen molar-refractivity contribution in [1.29, 1.82) is 0 Å². The maximum Gasteiger partial charge on any atom is 0.187 e. The Labute approximate surface area is 70.6 Å². The van der Waals surface area contributed by atoms with Gasteiger partial charge in [-0.05, 0) is 0 Å². The molecule has 0 aliphatic carbocycles. The van der Waals surface area contributed by atoms with Crippen molar-refractivity contribution in [2.45, 2.75) is 0 Å². The molecule has 0 spiro atoms. The van der Waals surface area contributed by atoms with Crippen LogP contribution in [-0.2, 0) is 36.5 Å². The summed E-state index contributed by atoms with van der Waals surface area (Å²) < 4.78 is 0. The van der Waals surface area contributed by atoms with E-state index in [1.165, 1.54) is 0 Å². The van der Waals surface area contributed by atoms with Crippen molar-refractivity contribution in [3.05, 3.63) is 0 Å². The number of hydrogen-bond donors (Lipinski definition) is 0. The van der Waals surface area contributed by atoms with Crippen LogP contribution in [0.5, 0.6) is 0 Å². The zero-order valence-corrected chi connectivity index (χ0v) is 4.92. The summed E-state index contributed by atoms with van der Waals surface area (Å²) in [6.45, 7) is 0. The van der Waals surface area contributed by atoms with E-state index in [4.69, 9.17) is 0 Å². The molecule has 0 N–H and O–H groups in total. The van der Waals surface area contributed by atoms with Crippen LogP contribution >= 0.6 is 0 Å². The average Bonchev–Trinajstić information content (AvgIpc) is 0. The van der Waals surface area contributed by atoms with Crippen molar-refractivity contribution in [2.24, 2.45) is 0 Å². The Morgan fingerprint density at radius 2 is 0.750 bits per heavy atom. The fourth-order valence-electron chi connectivity index (χ4n) is 0. The SMILES string of the molecule is [AlH3].[AlH3].[Cu].[Zn]. The van der Waals surface area contributed by atoms with E-state index in [2.05, 4.69) is 0 Å². The van der Waals surface area contributed by atoms with Crippen molar-refractivity contribution in [3.63, 3.8) is 0 Å². The number of rotatable bonds is 0. The predicted molar refractivity (Wildman–Crippen MR) is 19.9 cm³/mol. The number of hydrogen-bond acceptors (Lipinski definition) is 0. The van der Waals surface area contributed by atoms with E-state index < -0.39 is 0 Å². The smallest absolute Gasteiger partial charge is 0 e. The Morgan fingerprint density at radius 3 is 0.750 bits per heavy atom. The molecular weight excluding hydrogens is 183 g/mol. The average molecular weight is 189 g/mol. The molecule has 4 heavy (non-hydrogen) atoms. The third kappa shape index (κ3) is 8.88. The van der Waals surface area contributed by atoms with Crippen LogP contribution < -0.4 is 0 Å². The molecule has 0 saturated carbocycles. The zero-order valence-electron chi connectivity index (χ0n) is 1.01. The van der Waals surface area contributed by atoms with Gasteiger partial charge in [0.05, 0.1) is 0 Å². The van der Waals surface area contributed by atoms with Crippen LogP contribution in [0.1, 0.15) is 0 Å². The minimum atomic E-state index is 0. The van der Waals surface area contributed by atoms with Gasteiger partial charge in [0.25, 0.3) is 0 Å². The molecule has 0 nitrogen and oxygen atoms in total. The Balaban J connectivity index is 0. The second kappa shape index (κ2) is 18.9. The molecule has 0 fully saturated rings. The van der Waals surface area contributed by atoms with E-state index in [-0.39, 0.29) is 71.3 Å². The molecule has 0 heterocycles. The van der Waals surface area contributed by atoms with Crippen molar-refractivity contribution >= 4 is 34.7 Å². The zero-order chi connectivity index (χ0) is 0. The molecule has 0 rings (SSSR count). The van der Waals surface area contributed by atoms with Gasteiger partial charge in [-0.3, -0.25) is 0 Å². The van der Waals surface area contributed by atoms with Gasteiger partial charge in [0.15, 0.2) is 34.7 Å². The van der Waals surface area contributed by atoms with Crippen LogP contribution in [0.25, 0.3) is 0 Å². The molecule has 0 atom stereocenters. The summed E-state index contributed by atoms with van der Waals surface area (Å²) in [5.41, 5.74) is 0. The first kappa shape index (κ1) is 34.5. The van der Waals surface area contributed by atoms with Crippen LogP contribution in [0.3, 0.4) is 0 Å². The van der Waals surface area contributed by atoms with Gasteiger partial charge in [0.1, 0.15) is 0 Å². The van der Waals surface area contributed by atoms with Crippen molar-refractivity contribution in [2.75, 3.05) is 0 Å². The first-order chi connectivity index (χ1) is 0. The van der Waals surface area contributed by atoms with Crippen LogP contribution in [0.15, 0.2) is 0 Å². The predicted octanol–water partition coefficient (Wildman–Crippen LogP) is -2.37. The largest absolute Gasteiger partial charge is 0.187 e. The molecule has 1 radical (unpaired) electrons. The minimum Gasteiger partial charge on any atom is 0 e. The van der Waals surface area contributed by atoms with Gasteiger partial charge < -0.3 is 0 Å². The van der Waals surface area contributed by atoms with Gasteiger partial charge >= 0.3 is 0 Å². The van der Waals surface area contributed by atoms with E-state index >= 15 is 0 Å². The fourth-order valence-corrected chi connectivity index (χ4v) is 0. The molecular formula is H6Al2CuZn. The molecule has 0 aromatic rings. The standard InChI is InChI=1S/2Al.Cu.Zn.6H. The van der Waals surface area contributed by atoms with Gasteiger partial charge in [-0.15, -0.1) is 0 Å². The summed E-state index contributed by atoms with van der Waals surface area (Å²) in [7, 11) is 0. The summed E-state index contributed by atoms with van der Waals surface area (Å²) in [4.78, 5) is 0. The van der Waals surface area contributed by atoms with E-state index in [0.29, 0.717) is 0 Å². The third-order valence-electron chi connectivity index (χ3n) is 0. The summed E-state index contributed by atoms with van der Waals surface area (Å²) >= 11 is 0. The molecule has 0 amide bonds. The molecule has 0 aromatic carbocycles. The van der Waals surface area contributed by atoms with E-state index in [1.807, 2.05) is 0 Å². The Kier molecular flexibility index (Phi) is 163. The van der Waals surface area contributed by atoms with Gasteiger partial charge in [-0.2, -0.15) is 0 Å². The summed E-state index contributed by atoms with van der Waals surface area (Å²) in [6.07, 6.45) is 0. The molecule has 25 valence electrons. The third-order valence-corrected chi connectivity index (χ3v) is 0. The molecule has 0 aliphatic rings. The molecule has 0 aromatic heterocycles. The Bertz CT molecular complexity index is 6.00. The summed E-state index contributed by atoms with van der Waals surface area (Å²) in [5, 5.41) is 0. The van der Waals surface area contributed by atoms with Crippen LogP contribution in [0.4, 0.5) is 0 Å². The first-order valence-corrected chi connectivity index (χ1v) is 0. The fraction of sp³-hybridized carbons (Fsp3) is 0. The topological polar surface area (TPSA) is 0 Å². The van der Waals surface area contributed by atoms with Crippen LogP contribution in [0.2, 0.25) is 0 Å². The van der Waals surface area contributed by atoms with E-state index in [0.717, 1.165) is 0 Å². The van der Waals surface area contributed by atoms with Gasteiger partial charge in [-0.25, -0.2) is 0 Å². The van der Waals surface area contributed by atoms with E-state index in [1.54, 1.807) is 0 Å². The van der Waals surface area contributed by atoms with Crippen LogP contribution in [-0.4, -0.2) is 34.7 Å². The van der Waals surface area contributed by atoms with Gasteiger partial charge in [0.2, 0.25) is 0 Å². The van der Waals surface area contributed by atoms with Crippen molar-refractivity contribution in [1.82, 2.24) is 0 Å². The Morgan fingerprint density at radius 1 is 0.750 bits per heavy atom. The van der Waals surface area contributed by atoms with Gasteiger partial charge in [-0.1, -0.05) is 0 Å². The summed E-state index contributed by atoms with van der Waals surface area (Å²) in [6, 6.07) is 0. The normalized spacial score (nSPS) is 0. The second-order valence-corrected chi connectivity index (χ2v) is 0. The van der Waals surface area contributed by atoms with Crippen molar-refractivity contribution in [3.8, 4) is 0 Å². The second-order valence-electron chi connectivity index (χ2n) is 0.